The number of hydrogen-bond acceptors (Lipinski definition) is 5. The van der Waals surface area contributed by atoms with Crippen LogP contribution in [0.5, 0.6) is 0 Å². The van der Waals surface area contributed by atoms with Gasteiger partial charge in [-0.05, 0) is 18.5 Å². The molecule has 4 nitrogen and oxygen atoms in total. The summed E-state index contributed by atoms with van der Waals surface area (Å²) in [6, 6.07) is 3.66. The molecular formula is C6H4N4S. The van der Waals surface area contributed by atoms with Gasteiger partial charge in [-0.25, -0.2) is 4.98 Å². The van der Waals surface area contributed by atoms with Crippen LogP contribution in [0.1, 0.15) is 16.7 Å². The highest BCUT2D eigenvalue weighted by molar-refractivity contribution is 7.05. The summed E-state index contributed by atoms with van der Waals surface area (Å²) < 4.78 is 3.86. The molecule has 0 aliphatic rings. The highest BCUT2D eigenvalue weighted by Crippen LogP contribution is 2.15. The lowest BCUT2D eigenvalue weighted by atomic mass is 10.2. The summed E-state index contributed by atoms with van der Waals surface area (Å²) in [7, 11) is 0. The van der Waals surface area contributed by atoms with Crippen LogP contribution in [0, 0.1) is 29.6 Å². The quantitative estimate of drug-likeness (QED) is 0.620. The largest absolute Gasteiger partial charge is 0.222 e. The summed E-state index contributed by atoms with van der Waals surface area (Å²) in [5.41, 5.74) is 0. The Hall–Kier alpha value is -1.46. The summed E-state index contributed by atoms with van der Waals surface area (Å²) in [4.78, 5) is 3.92. The lowest BCUT2D eigenvalue weighted by molar-refractivity contribution is 1.03. The molecule has 1 aromatic rings. The maximum absolute atomic E-state index is 8.46. The summed E-state index contributed by atoms with van der Waals surface area (Å²) in [6.45, 7) is 1.73. The number of aryl methyl sites for hydroxylation is 1. The molecule has 1 aromatic heterocycles. The van der Waals surface area contributed by atoms with Crippen molar-refractivity contribution >= 4 is 11.5 Å². The normalized spacial score (nSPS) is 9.09. The molecule has 0 atom stereocenters. The second-order valence-corrected chi connectivity index (χ2v) is 2.65. The first-order valence-corrected chi connectivity index (χ1v) is 3.64. The van der Waals surface area contributed by atoms with E-state index in [0.29, 0.717) is 10.8 Å². The third-order valence-corrected chi connectivity index (χ3v) is 1.92. The zero-order valence-electron chi connectivity index (χ0n) is 5.77. The molecule has 0 unspecified atom stereocenters. The van der Waals surface area contributed by atoms with Crippen molar-refractivity contribution in [2.24, 2.45) is 0 Å². The van der Waals surface area contributed by atoms with Gasteiger partial charge in [-0.2, -0.15) is 14.9 Å². The average Bonchev–Trinajstić information content (AvgIpc) is 2.39. The fourth-order valence-electron chi connectivity index (χ4n) is 0.570. The molecule has 5 heteroatoms. The predicted molar refractivity (Wildman–Crippen MR) is 38.6 cm³/mol. The third kappa shape index (κ3) is 1.51. The van der Waals surface area contributed by atoms with E-state index in [1.54, 1.807) is 6.92 Å². The van der Waals surface area contributed by atoms with Crippen molar-refractivity contribution in [3.63, 3.8) is 0 Å². The molecule has 0 radical (unpaired) electrons. The first-order chi connectivity index (χ1) is 5.27. The summed E-state index contributed by atoms with van der Waals surface area (Å²) >= 11 is 1.10. The van der Waals surface area contributed by atoms with Gasteiger partial charge in [0.15, 0.2) is 5.92 Å². The van der Waals surface area contributed by atoms with Crippen LogP contribution in [-0.4, -0.2) is 9.36 Å². The standard InChI is InChI=1S/C6H4N4S/c1-4-9-6(11-10-4)5(2-7)3-8/h5H,1H3. The lowest BCUT2D eigenvalue weighted by Gasteiger charge is -1.87. The number of aromatic nitrogens is 2. The molecule has 0 spiro atoms. The minimum absolute atomic E-state index is 0.479. The van der Waals surface area contributed by atoms with Gasteiger partial charge in [-0.1, -0.05) is 0 Å². The van der Waals surface area contributed by atoms with Gasteiger partial charge in [0.2, 0.25) is 0 Å². The number of nitrogens with zero attached hydrogens (tertiary/aromatic N) is 4. The Balaban J connectivity index is 2.95. The Morgan fingerprint density at radius 1 is 1.45 bits per heavy atom. The summed E-state index contributed by atoms with van der Waals surface area (Å²) in [5, 5.41) is 17.4. The molecule has 0 aromatic carbocycles. The maximum atomic E-state index is 8.46. The van der Waals surface area contributed by atoms with Crippen LogP contribution in [0.15, 0.2) is 0 Å². The van der Waals surface area contributed by atoms with Gasteiger partial charge < -0.3 is 0 Å². The van der Waals surface area contributed by atoms with Crippen molar-refractivity contribution in [3.8, 4) is 12.1 Å². The Morgan fingerprint density at radius 3 is 2.45 bits per heavy atom. The monoisotopic (exact) mass is 164 g/mol. The van der Waals surface area contributed by atoms with Crippen molar-refractivity contribution in [2.75, 3.05) is 0 Å². The molecular weight excluding hydrogens is 160 g/mol. The predicted octanol–water partition coefficient (Wildman–Crippen LogP) is 0.977. The topological polar surface area (TPSA) is 73.4 Å². The second-order valence-electron chi connectivity index (χ2n) is 1.87. The van der Waals surface area contributed by atoms with Crippen LogP contribution in [0.25, 0.3) is 0 Å². The van der Waals surface area contributed by atoms with Crippen LogP contribution in [0.2, 0.25) is 0 Å². The van der Waals surface area contributed by atoms with E-state index in [1.807, 2.05) is 12.1 Å². The SMILES string of the molecule is Cc1nsc(C(C#N)C#N)n1. The van der Waals surface area contributed by atoms with E-state index >= 15 is 0 Å². The Labute approximate surface area is 67.9 Å². The highest BCUT2D eigenvalue weighted by Gasteiger charge is 2.13. The molecule has 0 N–H and O–H groups in total. The Kier molecular flexibility index (Phi) is 2.15. The van der Waals surface area contributed by atoms with Gasteiger partial charge in [-0.15, -0.1) is 0 Å². The van der Waals surface area contributed by atoms with Gasteiger partial charge in [0, 0.05) is 0 Å². The van der Waals surface area contributed by atoms with Gasteiger partial charge in [-0.3, -0.25) is 0 Å². The molecule has 1 rings (SSSR count). The van der Waals surface area contributed by atoms with E-state index in [-0.39, 0.29) is 0 Å². The molecule has 1 heterocycles. The van der Waals surface area contributed by atoms with Crippen LogP contribution >= 0.6 is 11.5 Å². The number of nitriles is 2. The van der Waals surface area contributed by atoms with Crippen LogP contribution in [0.3, 0.4) is 0 Å². The second kappa shape index (κ2) is 3.09. The summed E-state index contributed by atoms with van der Waals surface area (Å²) in [6.07, 6.45) is 0. The zero-order valence-corrected chi connectivity index (χ0v) is 6.59. The maximum Gasteiger partial charge on any atom is 0.186 e. The Morgan fingerprint density at radius 2 is 2.09 bits per heavy atom. The van der Waals surface area contributed by atoms with E-state index < -0.39 is 5.92 Å². The fraction of sp³-hybridized carbons (Fsp3) is 0.333. The molecule has 54 valence electrons. The van der Waals surface area contributed by atoms with Crippen molar-refractivity contribution in [2.45, 2.75) is 12.8 Å². The summed E-state index contributed by atoms with van der Waals surface area (Å²) in [5.74, 6) is -0.151. The van der Waals surface area contributed by atoms with Gasteiger partial charge >= 0.3 is 0 Å². The van der Waals surface area contributed by atoms with Crippen molar-refractivity contribution in [3.05, 3.63) is 10.8 Å². The van der Waals surface area contributed by atoms with Gasteiger partial charge in [0.1, 0.15) is 10.8 Å². The third-order valence-electron chi connectivity index (χ3n) is 1.05. The van der Waals surface area contributed by atoms with Gasteiger partial charge in [0.25, 0.3) is 0 Å². The first-order valence-electron chi connectivity index (χ1n) is 2.87. The van der Waals surface area contributed by atoms with E-state index in [2.05, 4.69) is 9.36 Å². The fourth-order valence-corrected chi connectivity index (χ4v) is 1.22. The molecule has 0 aliphatic heterocycles. The first kappa shape index (κ1) is 7.64. The minimum atomic E-state index is -0.763. The molecule has 0 saturated heterocycles. The van der Waals surface area contributed by atoms with E-state index in [4.69, 9.17) is 10.5 Å². The molecule has 0 saturated carbocycles. The molecule has 0 bridgehead atoms. The van der Waals surface area contributed by atoms with Crippen molar-refractivity contribution in [1.82, 2.24) is 9.36 Å². The zero-order chi connectivity index (χ0) is 8.27. The lowest BCUT2D eigenvalue weighted by Crippen LogP contribution is -1.89. The molecule has 0 aliphatic carbocycles. The number of rotatable bonds is 1. The van der Waals surface area contributed by atoms with Gasteiger partial charge in [0.05, 0.1) is 12.1 Å². The van der Waals surface area contributed by atoms with Crippen LogP contribution in [0.4, 0.5) is 0 Å². The molecule has 11 heavy (non-hydrogen) atoms. The van der Waals surface area contributed by atoms with Crippen molar-refractivity contribution < 1.29 is 0 Å². The Bertz CT molecular complexity index is 315. The van der Waals surface area contributed by atoms with Crippen LogP contribution in [-0.2, 0) is 0 Å². The molecule has 0 amide bonds. The smallest absolute Gasteiger partial charge is 0.186 e. The average molecular weight is 164 g/mol. The highest BCUT2D eigenvalue weighted by atomic mass is 32.1. The number of hydrogen-bond donors (Lipinski definition) is 0. The van der Waals surface area contributed by atoms with E-state index in [0.717, 1.165) is 11.5 Å². The molecule has 0 fully saturated rings. The van der Waals surface area contributed by atoms with E-state index in [1.165, 1.54) is 0 Å². The van der Waals surface area contributed by atoms with Crippen LogP contribution < -0.4 is 0 Å². The van der Waals surface area contributed by atoms with E-state index in [9.17, 15) is 0 Å². The minimum Gasteiger partial charge on any atom is -0.222 e. The van der Waals surface area contributed by atoms with Crippen molar-refractivity contribution in [1.29, 1.82) is 10.5 Å².